The van der Waals surface area contributed by atoms with Crippen LogP contribution in [0.1, 0.15) is 46.5 Å². The molecule has 0 aromatic heterocycles. The van der Waals surface area contributed by atoms with Crippen LogP contribution < -0.4 is 11.1 Å². The van der Waals surface area contributed by atoms with Crippen molar-refractivity contribution in [1.82, 2.24) is 5.32 Å². The highest BCUT2D eigenvalue weighted by molar-refractivity contribution is 7.80. The zero-order valence-electron chi connectivity index (χ0n) is 9.72. The van der Waals surface area contributed by atoms with Gasteiger partial charge in [-0.05, 0) is 39.5 Å². The normalized spacial score (nSPS) is 22.3. The van der Waals surface area contributed by atoms with Gasteiger partial charge in [0, 0.05) is 5.54 Å². The number of rotatable bonds is 4. The van der Waals surface area contributed by atoms with Gasteiger partial charge in [0.15, 0.2) is 0 Å². The van der Waals surface area contributed by atoms with Gasteiger partial charge in [-0.15, -0.1) is 0 Å². The first-order valence-corrected chi connectivity index (χ1v) is 5.87. The minimum absolute atomic E-state index is 0.0281. The van der Waals surface area contributed by atoms with E-state index in [0.29, 0.717) is 6.42 Å². The van der Waals surface area contributed by atoms with Crippen molar-refractivity contribution < 1.29 is 4.79 Å². The van der Waals surface area contributed by atoms with Gasteiger partial charge in [0.1, 0.15) is 0 Å². The molecule has 3 nitrogen and oxygen atoms in total. The molecule has 4 heteroatoms. The molecule has 3 N–H and O–H groups in total. The highest BCUT2D eigenvalue weighted by atomic mass is 32.1. The van der Waals surface area contributed by atoms with Crippen LogP contribution in [0.2, 0.25) is 0 Å². The van der Waals surface area contributed by atoms with E-state index >= 15 is 0 Å². The minimum atomic E-state index is -0.700. The molecule has 0 spiro atoms. The SMILES string of the molecule is CCC(C)(C(=O)NC1(C)CCC1)C(N)=S. The average Bonchev–Trinajstić information content (AvgIpc) is 2.13. The summed E-state index contributed by atoms with van der Waals surface area (Å²) in [5.41, 5.74) is 4.90. The van der Waals surface area contributed by atoms with Crippen LogP contribution in [0.4, 0.5) is 0 Å². The molecule has 1 aliphatic carbocycles. The highest BCUT2D eigenvalue weighted by Gasteiger charge is 2.40. The Kier molecular flexibility index (Phi) is 3.38. The molecule has 1 amide bonds. The van der Waals surface area contributed by atoms with Crippen molar-refractivity contribution >= 4 is 23.1 Å². The maximum atomic E-state index is 12.1. The van der Waals surface area contributed by atoms with E-state index in [9.17, 15) is 4.79 Å². The van der Waals surface area contributed by atoms with E-state index in [4.69, 9.17) is 18.0 Å². The van der Waals surface area contributed by atoms with Crippen LogP contribution in [0.15, 0.2) is 0 Å². The molecule has 0 radical (unpaired) electrons. The number of carbonyl (C=O) groups is 1. The Morgan fingerprint density at radius 2 is 2.13 bits per heavy atom. The molecule has 1 fully saturated rings. The Labute approximate surface area is 96.8 Å². The van der Waals surface area contributed by atoms with E-state index in [1.54, 1.807) is 0 Å². The molecule has 0 bridgehead atoms. The maximum Gasteiger partial charge on any atom is 0.233 e. The van der Waals surface area contributed by atoms with Crippen molar-refractivity contribution in [2.24, 2.45) is 11.1 Å². The lowest BCUT2D eigenvalue weighted by Gasteiger charge is -2.41. The fourth-order valence-corrected chi connectivity index (χ4v) is 1.93. The lowest BCUT2D eigenvalue weighted by molar-refractivity contribution is -0.129. The van der Waals surface area contributed by atoms with Crippen molar-refractivity contribution in [3.05, 3.63) is 0 Å². The molecular weight excluding hydrogens is 208 g/mol. The molecule has 86 valence electrons. The van der Waals surface area contributed by atoms with Crippen LogP contribution in [0.3, 0.4) is 0 Å². The van der Waals surface area contributed by atoms with Gasteiger partial charge in [-0.25, -0.2) is 0 Å². The molecule has 1 atom stereocenters. The van der Waals surface area contributed by atoms with Crippen molar-refractivity contribution in [3.8, 4) is 0 Å². The molecule has 15 heavy (non-hydrogen) atoms. The van der Waals surface area contributed by atoms with Gasteiger partial charge in [-0.1, -0.05) is 19.1 Å². The predicted molar refractivity (Wildman–Crippen MR) is 65.6 cm³/mol. The fourth-order valence-electron chi connectivity index (χ4n) is 1.69. The molecular formula is C11H20N2OS. The van der Waals surface area contributed by atoms with E-state index in [2.05, 4.69) is 12.2 Å². The second-order valence-electron chi connectivity index (χ2n) is 4.92. The topological polar surface area (TPSA) is 55.1 Å². The summed E-state index contributed by atoms with van der Waals surface area (Å²) in [7, 11) is 0. The van der Waals surface area contributed by atoms with Gasteiger partial charge in [-0.2, -0.15) is 0 Å². The van der Waals surface area contributed by atoms with Gasteiger partial charge in [-0.3, -0.25) is 4.79 Å². The number of hydrogen-bond acceptors (Lipinski definition) is 2. The van der Waals surface area contributed by atoms with Crippen molar-refractivity contribution in [3.63, 3.8) is 0 Å². The van der Waals surface area contributed by atoms with E-state index in [1.165, 1.54) is 6.42 Å². The maximum absolute atomic E-state index is 12.1. The number of nitrogens with one attached hydrogen (secondary N) is 1. The first-order valence-electron chi connectivity index (χ1n) is 5.46. The molecule has 1 rings (SSSR count). The van der Waals surface area contributed by atoms with E-state index in [-0.39, 0.29) is 16.4 Å². The molecule has 0 aliphatic heterocycles. The smallest absolute Gasteiger partial charge is 0.233 e. The third-order valence-electron chi connectivity index (χ3n) is 3.62. The summed E-state index contributed by atoms with van der Waals surface area (Å²) in [5.74, 6) is -0.0281. The third kappa shape index (κ3) is 2.30. The number of hydrogen-bond donors (Lipinski definition) is 2. The van der Waals surface area contributed by atoms with Crippen molar-refractivity contribution in [2.45, 2.75) is 52.0 Å². The predicted octanol–water partition coefficient (Wildman–Crippen LogP) is 1.75. The van der Waals surface area contributed by atoms with Gasteiger partial charge in [0.2, 0.25) is 5.91 Å². The summed E-state index contributed by atoms with van der Waals surface area (Å²) in [6.07, 6.45) is 3.93. The molecule has 0 heterocycles. The summed E-state index contributed by atoms with van der Waals surface area (Å²) in [6, 6.07) is 0. The molecule has 0 aromatic carbocycles. The molecule has 1 saturated carbocycles. The van der Waals surface area contributed by atoms with Crippen LogP contribution >= 0.6 is 12.2 Å². The monoisotopic (exact) mass is 228 g/mol. The lowest BCUT2D eigenvalue weighted by atomic mass is 9.76. The Morgan fingerprint density at radius 3 is 2.40 bits per heavy atom. The summed E-state index contributed by atoms with van der Waals surface area (Å²) < 4.78 is 0. The largest absolute Gasteiger partial charge is 0.392 e. The second-order valence-corrected chi connectivity index (χ2v) is 5.36. The molecule has 1 unspecified atom stereocenters. The first kappa shape index (κ1) is 12.4. The molecule has 0 aromatic rings. The number of thiocarbonyl (C=S) groups is 1. The van der Waals surface area contributed by atoms with Crippen molar-refractivity contribution in [1.29, 1.82) is 0 Å². The Balaban J connectivity index is 2.69. The Morgan fingerprint density at radius 1 is 1.60 bits per heavy atom. The first-order chi connectivity index (χ1) is 6.84. The zero-order valence-corrected chi connectivity index (χ0v) is 10.5. The standard InChI is InChI=1S/C11H20N2OS/c1-4-11(3,8(12)15)9(14)13-10(2)6-5-7-10/h4-7H2,1-3H3,(H2,12,15)(H,13,14). The third-order valence-corrected chi connectivity index (χ3v) is 4.08. The van der Waals surface area contributed by atoms with E-state index in [0.717, 1.165) is 12.8 Å². The van der Waals surface area contributed by atoms with Gasteiger partial charge in [0.25, 0.3) is 0 Å². The Bertz CT molecular complexity index is 286. The summed E-state index contributed by atoms with van der Waals surface area (Å²) in [4.78, 5) is 12.4. The molecule has 1 aliphatic rings. The van der Waals surface area contributed by atoms with Crippen LogP contribution in [0, 0.1) is 5.41 Å². The number of amides is 1. The fraction of sp³-hybridized carbons (Fsp3) is 0.818. The second kappa shape index (κ2) is 4.08. The Hall–Kier alpha value is -0.640. The van der Waals surface area contributed by atoms with E-state index in [1.807, 2.05) is 13.8 Å². The summed E-state index contributed by atoms with van der Waals surface area (Å²) in [5, 5.41) is 3.06. The molecule has 0 saturated heterocycles. The van der Waals surface area contributed by atoms with Crippen LogP contribution in [0.25, 0.3) is 0 Å². The van der Waals surface area contributed by atoms with Crippen LogP contribution in [-0.4, -0.2) is 16.4 Å². The van der Waals surface area contributed by atoms with E-state index < -0.39 is 5.41 Å². The van der Waals surface area contributed by atoms with Gasteiger partial charge < -0.3 is 11.1 Å². The van der Waals surface area contributed by atoms with Crippen LogP contribution in [0.5, 0.6) is 0 Å². The average molecular weight is 228 g/mol. The lowest BCUT2D eigenvalue weighted by Crippen LogP contribution is -2.57. The van der Waals surface area contributed by atoms with Crippen LogP contribution in [-0.2, 0) is 4.79 Å². The van der Waals surface area contributed by atoms with Gasteiger partial charge in [0.05, 0.1) is 10.4 Å². The number of carbonyl (C=O) groups excluding carboxylic acids is 1. The zero-order chi connectivity index (χ0) is 11.7. The minimum Gasteiger partial charge on any atom is -0.392 e. The highest BCUT2D eigenvalue weighted by Crippen LogP contribution is 2.33. The summed E-state index contributed by atoms with van der Waals surface area (Å²) in [6.45, 7) is 5.82. The van der Waals surface area contributed by atoms with Gasteiger partial charge >= 0.3 is 0 Å². The quantitative estimate of drug-likeness (QED) is 0.721. The van der Waals surface area contributed by atoms with Crippen molar-refractivity contribution in [2.75, 3.05) is 0 Å². The number of nitrogens with two attached hydrogens (primary N) is 1. The summed E-state index contributed by atoms with van der Waals surface area (Å²) >= 11 is 4.97.